The van der Waals surface area contributed by atoms with E-state index >= 15 is 0 Å². The minimum Gasteiger partial charge on any atom is -0.396 e. The maximum atomic E-state index is 13.7. The highest BCUT2D eigenvalue weighted by molar-refractivity contribution is 9.10. The van der Waals surface area contributed by atoms with Crippen LogP contribution in [0.5, 0.6) is 0 Å². The second kappa shape index (κ2) is 6.49. The lowest BCUT2D eigenvalue weighted by molar-refractivity contribution is 0.143. The molecule has 0 unspecified atom stereocenters. The largest absolute Gasteiger partial charge is 0.396 e. The molecule has 1 aliphatic rings. The Balaban J connectivity index is 2.02. The van der Waals surface area contributed by atoms with E-state index in [4.69, 9.17) is 5.11 Å². The van der Waals surface area contributed by atoms with Gasteiger partial charge in [0.25, 0.3) is 0 Å². The molecule has 0 bridgehead atoms. The Labute approximate surface area is 123 Å². The SMILES string of the molecule is O=C(Nc1cc(F)cc(Br)c1F)N1CCC(CO)CC1. The lowest BCUT2D eigenvalue weighted by atomic mass is 9.98. The van der Waals surface area contributed by atoms with Gasteiger partial charge in [-0.25, -0.2) is 13.6 Å². The van der Waals surface area contributed by atoms with E-state index in [1.54, 1.807) is 0 Å². The number of anilines is 1. The number of urea groups is 1. The molecule has 1 saturated heterocycles. The number of nitrogens with zero attached hydrogens (tertiary/aromatic N) is 1. The molecule has 0 saturated carbocycles. The lowest BCUT2D eigenvalue weighted by Gasteiger charge is -2.31. The predicted molar refractivity (Wildman–Crippen MR) is 74.5 cm³/mol. The first-order chi connectivity index (χ1) is 9.51. The number of carbonyl (C=O) groups is 1. The Kier molecular flexibility index (Phi) is 4.93. The zero-order valence-electron chi connectivity index (χ0n) is 10.7. The van der Waals surface area contributed by atoms with Gasteiger partial charge in [-0.1, -0.05) is 0 Å². The van der Waals surface area contributed by atoms with E-state index in [0.717, 1.165) is 12.1 Å². The summed E-state index contributed by atoms with van der Waals surface area (Å²) < 4.78 is 26.9. The van der Waals surface area contributed by atoms with E-state index in [9.17, 15) is 13.6 Å². The van der Waals surface area contributed by atoms with Crippen LogP contribution in [0.25, 0.3) is 0 Å². The van der Waals surface area contributed by atoms with Crippen LogP contribution in [-0.2, 0) is 0 Å². The Morgan fingerprint density at radius 3 is 2.65 bits per heavy atom. The van der Waals surface area contributed by atoms with Crippen molar-refractivity contribution in [2.75, 3.05) is 25.0 Å². The number of aliphatic hydroxyl groups excluding tert-OH is 1. The normalized spacial score (nSPS) is 16.3. The zero-order valence-corrected chi connectivity index (χ0v) is 12.3. The van der Waals surface area contributed by atoms with Crippen molar-refractivity contribution >= 4 is 27.6 Å². The molecule has 2 amide bonds. The molecule has 4 nitrogen and oxygen atoms in total. The summed E-state index contributed by atoms with van der Waals surface area (Å²) in [5.74, 6) is -1.13. The van der Waals surface area contributed by atoms with Crippen molar-refractivity contribution in [2.24, 2.45) is 5.92 Å². The summed E-state index contributed by atoms with van der Waals surface area (Å²) in [6, 6.07) is 1.48. The van der Waals surface area contributed by atoms with Gasteiger partial charge in [0.1, 0.15) is 5.82 Å². The molecule has 1 fully saturated rings. The first-order valence-electron chi connectivity index (χ1n) is 6.32. The average Bonchev–Trinajstić information content (AvgIpc) is 2.44. The van der Waals surface area contributed by atoms with Gasteiger partial charge in [0.2, 0.25) is 0 Å². The number of benzene rings is 1. The standard InChI is InChI=1S/C13H15BrF2N2O2/c14-10-5-9(15)6-11(12(10)16)17-13(20)18-3-1-8(7-19)2-4-18/h5-6,8,19H,1-4,7H2,(H,17,20). The molecule has 0 spiro atoms. The number of halogens is 3. The van der Waals surface area contributed by atoms with Crippen LogP contribution >= 0.6 is 15.9 Å². The third kappa shape index (κ3) is 3.46. The molecule has 1 aliphatic heterocycles. The van der Waals surface area contributed by atoms with Gasteiger partial charge in [-0.3, -0.25) is 0 Å². The van der Waals surface area contributed by atoms with E-state index in [0.29, 0.717) is 25.9 Å². The first-order valence-corrected chi connectivity index (χ1v) is 7.12. The summed E-state index contributed by atoms with van der Waals surface area (Å²) in [6.45, 7) is 1.10. The van der Waals surface area contributed by atoms with Crippen molar-refractivity contribution in [1.29, 1.82) is 0 Å². The monoisotopic (exact) mass is 348 g/mol. The maximum Gasteiger partial charge on any atom is 0.321 e. The number of carbonyl (C=O) groups excluding carboxylic acids is 1. The molecule has 1 aromatic rings. The molecule has 0 aliphatic carbocycles. The van der Waals surface area contributed by atoms with Gasteiger partial charge in [0.15, 0.2) is 5.82 Å². The Morgan fingerprint density at radius 1 is 1.40 bits per heavy atom. The molecule has 0 atom stereocenters. The number of likely N-dealkylation sites (tertiary alicyclic amines) is 1. The van der Waals surface area contributed by atoms with Crippen molar-refractivity contribution in [3.63, 3.8) is 0 Å². The summed E-state index contributed by atoms with van der Waals surface area (Å²) >= 11 is 2.89. The number of aliphatic hydroxyl groups is 1. The summed E-state index contributed by atoms with van der Waals surface area (Å²) in [5.41, 5.74) is -0.189. The van der Waals surface area contributed by atoms with E-state index in [-0.39, 0.29) is 22.7 Å². The zero-order chi connectivity index (χ0) is 14.7. The second-order valence-electron chi connectivity index (χ2n) is 4.79. The number of hydrogen-bond donors (Lipinski definition) is 2. The average molecular weight is 349 g/mol. The third-order valence-electron chi connectivity index (χ3n) is 3.39. The van der Waals surface area contributed by atoms with Crippen molar-refractivity contribution in [3.8, 4) is 0 Å². The Hall–Kier alpha value is -1.21. The van der Waals surface area contributed by atoms with Crippen LogP contribution in [0.4, 0.5) is 19.3 Å². The first kappa shape index (κ1) is 15.2. The third-order valence-corrected chi connectivity index (χ3v) is 3.97. The van der Waals surface area contributed by atoms with E-state index in [1.807, 2.05) is 0 Å². The molecule has 2 rings (SSSR count). The number of hydrogen-bond acceptors (Lipinski definition) is 2. The van der Waals surface area contributed by atoms with Crippen LogP contribution in [0, 0.1) is 17.6 Å². The lowest BCUT2D eigenvalue weighted by Crippen LogP contribution is -2.41. The summed E-state index contributed by atoms with van der Waals surface area (Å²) in [5, 5.41) is 11.4. The maximum absolute atomic E-state index is 13.7. The molecular weight excluding hydrogens is 334 g/mol. The number of nitrogens with one attached hydrogen (secondary N) is 1. The van der Waals surface area contributed by atoms with Gasteiger partial charge < -0.3 is 15.3 Å². The van der Waals surface area contributed by atoms with Crippen molar-refractivity contribution in [1.82, 2.24) is 4.90 Å². The van der Waals surface area contributed by atoms with Crippen molar-refractivity contribution in [3.05, 3.63) is 28.2 Å². The smallest absolute Gasteiger partial charge is 0.321 e. The summed E-state index contributed by atoms with van der Waals surface area (Å²) in [7, 11) is 0. The number of amides is 2. The highest BCUT2D eigenvalue weighted by atomic mass is 79.9. The van der Waals surface area contributed by atoms with Gasteiger partial charge in [-0.2, -0.15) is 0 Å². The molecule has 1 heterocycles. The molecule has 0 radical (unpaired) electrons. The molecule has 0 aromatic heterocycles. The van der Waals surface area contributed by atoms with Crippen LogP contribution in [0.3, 0.4) is 0 Å². The van der Waals surface area contributed by atoms with Crippen molar-refractivity contribution in [2.45, 2.75) is 12.8 Å². The minimum absolute atomic E-state index is 0.0354. The van der Waals surface area contributed by atoms with Crippen LogP contribution in [-0.4, -0.2) is 35.7 Å². The molecule has 7 heteroatoms. The quantitative estimate of drug-likeness (QED) is 0.807. The Bertz CT molecular complexity index is 505. The highest BCUT2D eigenvalue weighted by Gasteiger charge is 2.23. The molecule has 20 heavy (non-hydrogen) atoms. The fourth-order valence-electron chi connectivity index (χ4n) is 2.16. The van der Waals surface area contributed by atoms with Crippen LogP contribution < -0.4 is 5.32 Å². The highest BCUT2D eigenvalue weighted by Crippen LogP contribution is 2.25. The van der Waals surface area contributed by atoms with Gasteiger partial charge in [0, 0.05) is 25.8 Å². The van der Waals surface area contributed by atoms with Gasteiger partial charge in [-0.15, -0.1) is 0 Å². The van der Waals surface area contributed by atoms with Crippen LogP contribution in [0.1, 0.15) is 12.8 Å². The van der Waals surface area contributed by atoms with Gasteiger partial charge in [-0.05, 0) is 40.8 Å². The van der Waals surface area contributed by atoms with Gasteiger partial charge in [0.05, 0.1) is 10.2 Å². The molecule has 1 aromatic carbocycles. The van der Waals surface area contributed by atoms with E-state index in [1.165, 1.54) is 4.90 Å². The van der Waals surface area contributed by atoms with E-state index in [2.05, 4.69) is 21.2 Å². The second-order valence-corrected chi connectivity index (χ2v) is 5.65. The molecule has 110 valence electrons. The predicted octanol–water partition coefficient (Wildman–Crippen LogP) is 2.96. The molecule has 2 N–H and O–H groups in total. The fraction of sp³-hybridized carbons (Fsp3) is 0.462. The molecular formula is C13H15BrF2N2O2. The summed E-state index contributed by atoms with van der Waals surface area (Å²) in [4.78, 5) is 13.5. The number of rotatable bonds is 2. The van der Waals surface area contributed by atoms with Crippen LogP contribution in [0.2, 0.25) is 0 Å². The topological polar surface area (TPSA) is 52.6 Å². The van der Waals surface area contributed by atoms with Crippen molar-refractivity contribution < 1.29 is 18.7 Å². The minimum atomic E-state index is -0.704. The summed E-state index contributed by atoms with van der Waals surface area (Å²) in [6.07, 6.45) is 1.42. The Morgan fingerprint density at radius 2 is 2.05 bits per heavy atom. The van der Waals surface area contributed by atoms with Crippen LogP contribution in [0.15, 0.2) is 16.6 Å². The van der Waals surface area contributed by atoms with E-state index < -0.39 is 17.7 Å². The fourth-order valence-corrected chi connectivity index (χ4v) is 2.59. The van der Waals surface area contributed by atoms with Gasteiger partial charge >= 0.3 is 6.03 Å². The number of piperidine rings is 1.